The minimum atomic E-state index is -4.75. The lowest BCUT2D eigenvalue weighted by Crippen LogP contribution is -2.63. The molecule has 0 spiro atoms. The maximum Gasteiger partial charge on any atom is 0.379 e. The molecule has 15 heteroatoms. The summed E-state index contributed by atoms with van der Waals surface area (Å²) in [5, 5.41) is 60.6. The zero-order valence-electron chi connectivity index (χ0n) is 17.1. The van der Waals surface area contributed by atoms with E-state index in [1.807, 2.05) is 5.32 Å². The Morgan fingerprint density at radius 1 is 1.25 bits per heavy atom. The summed E-state index contributed by atoms with van der Waals surface area (Å²) in [5.41, 5.74) is 5.60. The van der Waals surface area contributed by atoms with Crippen LogP contribution in [0.15, 0.2) is 0 Å². The van der Waals surface area contributed by atoms with E-state index >= 15 is 0 Å². The zero-order valence-corrected chi connectivity index (χ0v) is 17.1. The summed E-state index contributed by atoms with van der Waals surface area (Å²) in [4.78, 5) is 34.3. The van der Waals surface area contributed by atoms with E-state index in [0.717, 1.165) is 0 Å². The first-order chi connectivity index (χ1) is 14.7. The van der Waals surface area contributed by atoms with Crippen molar-refractivity contribution in [3.63, 3.8) is 0 Å². The number of nitrogens with two attached hydrogens (primary N) is 1. The second-order valence-electron chi connectivity index (χ2n) is 7.47. The molecule has 0 aliphatic carbocycles. The number of ether oxygens (including phenoxy) is 1. The summed E-state index contributed by atoms with van der Waals surface area (Å²) in [6.07, 6.45) is -8.44. The summed E-state index contributed by atoms with van der Waals surface area (Å²) in [7, 11) is 0. The number of aliphatic carboxylic acids is 1. The highest BCUT2D eigenvalue weighted by Gasteiger charge is 2.71. The Bertz CT molecular complexity index is 685. The van der Waals surface area contributed by atoms with E-state index in [0.29, 0.717) is 0 Å². The number of carbonyl (C=O) groups excluding carboxylic acids is 2. The van der Waals surface area contributed by atoms with Gasteiger partial charge in [0, 0.05) is 6.54 Å². The zero-order chi connectivity index (χ0) is 24.9. The van der Waals surface area contributed by atoms with Crippen LogP contribution in [0.25, 0.3) is 0 Å². The molecule has 1 fully saturated rings. The fourth-order valence-electron chi connectivity index (χ4n) is 2.91. The number of carbonyl (C=O) groups is 3. The summed E-state index contributed by atoms with van der Waals surface area (Å²) in [6, 6.07) is -2.21. The predicted octanol–water partition coefficient (Wildman–Crippen LogP) is -4.01. The van der Waals surface area contributed by atoms with E-state index in [2.05, 4.69) is 10.1 Å². The van der Waals surface area contributed by atoms with Gasteiger partial charge in [0.1, 0.15) is 30.5 Å². The Morgan fingerprint density at radius 3 is 2.38 bits per heavy atom. The van der Waals surface area contributed by atoms with Gasteiger partial charge in [-0.05, 0) is 26.2 Å². The monoisotopic (exact) mass is 473 g/mol. The van der Waals surface area contributed by atoms with E-state index in [1.54, 1.807) is 0 Å². The maximum atomic E-state index is 14.5. The number of hydrogen-bond donors (Lipinski definition) is 9. The minimum Gasteiger partial charge on any atom is -0.480 e. The first kappa shape index (κ1) is 28.0. The number of alkyl halides is 2. The molecule has 7 atom stereocenters. The van der Waals surface area contributed by atoms with Crippen LogP contribution in [0.1, 0.15) is 26.2 Å². The van der Waals surface area contributed by atoms with Crippen molar-refractivity contribution in [2.24, 2.45) is 5.73 Å². The summed E-state index contributed by atoms with van der Waals surface area (Å²) < 4.78 is 33.4. The summed E-state index contributed by atoms with van der Waals surface area (Å²) >= 11 is 0. The third-order valence-corrected chi connectivity index (χ3v) is 4.97. The normalized spacial score (nSPS) is 28.6. The third-order valence-electron chi connectivity index (χ3n) is 4.97. The third kappa shape index (κ3) is 6.06. The van der Waals surface area contributed by atoms with Crippen LogP contribution in [0.3, 0.4) is 0 Å². The number of halogens is 2. The number of nitrogens with one attached hydrogen (secondary N) is 2. The molecule has 0 unspecified atom stereocenters. The van der Waals surface area contributed by atoms with Crippen LogP contribution in [0.2, 0.25) is 0 Å². The molecule has 2 amide bonds. The van der Waals surface area contributed by atoms with Crippen molar-refractivity contribution in [2.45, 2.75) is 74.4 Å². The molecule has 1 aliphatic heterocycles. The lowest BCUT2D eigenvalue weighted by molar-refractivity contribution is -0.325. The van der Waals surface area contributed by atoms with Crippen LogP contribution in [-0.4, -0.2) is 110 Å². The van der Waals surface area contributed by atoms with E-state index < -0.39 is 72.6 Å². The maximum absolute atomic E-state index is 14.5. The number of amides is 2. The summed E-state index contributed by atoms with van der Waals surface area (Å²) in [5.74, 6) is -12.6. The van der Waals surface area contributed by atoms with Crippen molar-refractivity contribution in [3.05, 3.63) is 0 Å². The molecule has 0 bridgehead atoms. The second kappa shape index (κ2) is 11.2. The van der Waals surface area contributed by atoms with Gasteiger partial charge in [-0.25, -0.2) is 0 Å². The van der Waals surface area contributed by atoms with Crippen molar-refractivity contribution in [1.82, 2.24) is 10.6 Å². The van der Waals surface area contributed by atoms with Gasteiger partial charge < -0.3 is 51.7 Å². The van der Waals surface area contributed by atoms with Crippen LogP contribution in [0.5, 0.6) is 0 Å². The first-order valence-corrected chi connectivity index (χ1v) is 9.70. The van der Waals surface area contributed by atoms with Crippen LogP contribution >= 0.6 is 0 Å². The number of rotatable bonds is 12. The van der Waals surface area contributed by atoms with Crippen LogP contribution in [-0.2, 0) is 19.1 Å². The van der Waals surface area contributed by atoms with Crippen LogP contribution < -0.4 is 16.4 Å². The Hall–Kier alpha value is -2.01. The SMILES string of the molecule is C[C@H](NC(=O)[C@@H](N)CCCCNC(=O)C(F)(F)[C@]1(O)O[C@H]([C@@H](O)CO)[C@@H](O)[C@H]1O)C(=O)O. The highest BCUT2D eigenvalue weighted by Crippen LogP contribution is 2.42. The average Bonchev–Trinajstić information content (AvgIpc) is 2.97. The highest BCUT2D eigenvalue weighted by molar-refractivity contribution is 5.86. The fourth-order valence-corrected chi connectivity index (χ4v) is 2.91. The minimum absolute atomic E-state index is 0.0586. The molecule has 10 N–H and O–H groups in total. The number of aliphatic hydroxyl groups excluding tert-OH is 4. The molecule has 1 rings (SSSR count). The fraction of sp³-hybridized carbons (Fsp3) is 0.824. The van der Waals surface area contributed by atoms with E-state index in [1.165, 1.54) is 6.92 Å². The molecule has 0 saturated carbocycles. The second-order valence-corrected chi connectivity index (χ2v) is 7.47. The molecule has 0 aromatic heterocycles. The highest BCUT2D eigenvalue weighted by atomic mass is 19.3. The van der Waals surface area contributed by atoms with Crippen molar-refractivity contribution in [3.8, 4) is 0 Å². The number of hydrogen-bond acceptors (Lipinski definition) is 10. The largest absolute Gasteiger partial charge is 0.480 e. The van der Waals surface area contributed by atoms with Crippen molar-refractivity contribution < 1.29 is 58.5 Å². The van der Waals surface area contributed by atoms with E-state index in [-0.39, 0.29) is 25.8 Å². The van der Waals surface area contributed by atoms with Crippen LogP contribution in [0.4, 0.5) is 8.78 Å². The van der Waals surface area contributed by atoms with E-state index in [4.69, 9.17) is 15.9 Å². The molecule has 0 radical (unpaired) electrons. The molecule has 1 saturated heterocycles. The van der Waals surface area contributed by atoms with Crippen molar-refractivity contribution >= 4 is 17.8 Å². The topological polar surface area (TPSA) is 232 Å². The molecular formula is C17H29F2N3O10. The van der Waals surface area contributed by atoms with Crippen molar-refractivity contribution in [1.29, 1.82) is 0 Å². The number of carboxylic acid groups (broad SMARTS) is 1. The Labute approximate surface area is 181 Å². The van der Waals surface area contributed by atoms with Gasteiger partial charge in [0.15, 0.2) is 0 Å². The molecule has 186 valence electrons. The predicted molar refractivity (Wildman–Crippen MR) is 100.0 cm³/mol. The van der Waals surface area contributed by atoms with Gasteiger partial charge >= 0.3 is 11.9 Å². The summed E-state index contributed by atoms with van der Waals surface area (Å²) in [6.45, 7) is -0.128. The number of aliphatic hydroxyl groups is 5. The van der Waals surface area contributed by atoms with Crippen molar-refractivity contribution in [2.75, 3.05) is 13.2 Å². The standard InChI is InChI=1S/C17H29F2N3O10/c1-7(14(28)29)22-13(27)8(20)4-2-3-5-21-15(30)16(18,19)17(31)12(26)10(25)11(32-17)9(24)6-23/h7-12,23-26,31H,2-6,20H2,1H3,(H,21,30)(H,22,27)(H,28,29)/t7-,8-,9-,10+,11+,12+,17+/m0/s1. The Morgan fingerprint density at radius 2 is 1.84 bits per heavy atom. The average molecular weight is 473 g/mol. The molecule has 0 aromatic rings. The molecule has 1 aliphatic rings. The Kier molecular flexibility index (Phi) is 9.83. The first-order valence-electron chi connectivity index (χ1n) is 9.70. The van der Waals surface area contributed by atoms with Gasteiger partial charge in [-0.15, -0.1) is 0 Å². The number of unbranched alkanes of at least 4 members (excludes halogenated alkanes) is 1. The Balaban J connectivity index is 2.55. The molecular weight excluding hydrogens is 444 g/mol. The number of carboxylic acids is 1. The van der Waals surface area contributed by atoms with E-state index in [9.17, 15) is 43.6 Å². The van der Waals surface area contributed by atoms with Gasteiger partial charge in [0.25, 0.3) is 11.7 Å². The molecule has 13 nitrogen and oxygen atoms in total. The van der Waals surface area contributed by atoms with Gasteiger partial charge in [0.2, 0.25) is 5.91 Å². The lowest BCUT2D eigenvalue weighted by atomic mass is 9.97. The van der Waals surface area contributed by atoms with Gasteiger partial charge in [-0.3, -0.25) is 14.4 Å². The smallest absolute Gasteiger partial charge is 0.379 e. The lowest BCUT2D eigenvalue weighted by Gasteiger charge is -2.33. The quantitative estimate of drug-likeness (QED) is 0.124. The van der Waals surface area contributed by atoms with Gasteiger partial charge in [-0.2, -0.15) is 8.78 Å². The van der Waals surface area contributed by atoms with Gasteiger partial charge in [0.05, 0.1) is 12.6 Å². The molecule has 1 heterocycles. The molecule has 32 heavy (non-hydrogen) atoms. The van der Waals surface area contributed by atoms with Crippen LogP contribution in [0, 0.1) is 0 Å². The van der Waals surface area contributed by atoms with Gasteiger partial charge in [-0.1, -0.05) is 0 Å². The molecule has 0 aromatic carbocycles.